The Bertz CT molecular complexity index is 986. The van der Waals surface area contributed by atoms with Gasteiger partial charge in [-0.15, -0.1) is 11.3 Å². The van der Waals surface area contributed by atoms with Crippen molar-refractivity contribution < 1.29 is 19.1 Å². The second-order valence-electron chi connectivity index (χ2n) is 8.62. The lowest BCUT2D eigenvalue weighted by molar-refractivity contribution is -0.133. The molecule has 0 saturated carbocycles. The Labute approximate surface area is 197 Å². The fourth-order valence-corrected chi connectivity index (χ4v) is 5.29. The number of amides is 3. The van der Waals surface area contributed by atoms with Gasteiger partial charge in [0.25, 0.3) is 11.8 Å². The summed E-state index contributed by atoms with van der Waals surface area (Å²) in [5, 5.41) is 4.58. The van der Waals surface area contributed by atoms with Gasteiger partial charge in [0.15, 0.2) is 0 Å². The summed E-state index contributed by atoms with van der Waals surface area (Å²) in [6.07, 6.45) is 3.60. The Kier molecular flexibility index (Phi) is 7.27. The molecule has 5 rings (SSSR count). The van der Waals surface area contributed by atoms with E-state index in [1.54, 1.807) is 35.0 Å². The number of carbonyl (C=O) groups excluding carboxylic acids is 3. The van der Waals surface area contributed by atoms with Crippen LogP contribution >= 0.6 is 11.3 Å². The molecule has 33 heavy (non-hydrogen) atoms. The minimum atomic E-state index is -0.481. The number of thiazole rings is 1. The maximum Gasteiger partial charge on any atom is 0.273 e. The molecule has 0 unspecified atom stereocenters. The Morgan fingerprint density at radius 1 is 1.09 bits per heavy atom. The Morgan fingerprint density at radius 3 is 2.61 bits per heavy atom. The first-order valence-corrected chi connectivity index (χ1v) is 12.4. The average molecular weight is 471 g/mol. The molecule has 1 fully saturated rings. The molecule has 1 aromatic heterocycles. The molecule has 3 aliphatic rings. The van der Waals surface area contributed by atoms with Crippen LogP contribution in [0.5, 0.6) is 5.75 Å². The van der Waals surface area contributed by atoms with Crippen LogP contribution in [0.2, 0.25) is 0 Å². The van der Waals surface area contributed by atoms with Gasteiger partial charge < -0.3 is 19.9 Å². The fourth-order valence-electron chi connectivity index (χ4n) is 4.76. The molecular weight excluding hydrogens is 440 g/mol. The largest absolute Gasteiger partial charge is 0.491 e. The summed E-state index contributed by atoms with van der Waals surface area (Å²) in [5.74, 6) is 0.350. The van der Waals surface area contributed by atoms with E-state index in [-0.39, 0.29) is 24.3 Å². The van der Waals surface area contributed by atoms with Crippen LogP contribution in [0.25, 0.3) is 0 Å². The molecule has 4 heterocycles. The number of aromatic nitrogens is 1. The molecule has 2 bridgehead atoms. The van der Waals surface area contributed by atoms with Gasteiger partial charge in [-0.2, -0.15) is 0 Å². The van der Waals surface area contributed by atoms with Crippen molar-refractivity contribution in [1.29, 1.82) is 0 Å². The second kappa shape index (κ2) is 10.3. The highest BCUT2D eigenvalue weighted by Crippen LogP contribution is 2.38. The van der Waals surface area contributed by atoms with Gasteiger partial charge in [0.2, 0.25) is 5.91 Å². The first-order chi connectivity index (χ1) is 16.0. The molecule has 3 amide bonds. The van der Waals surface area contributed by atoms with Crippen LogP contribution in [0, 0.1) is 5.41 Å². The molecule has 8 nitrogen and oxygen atoms in total. The van der Waals surface area contributed by atoms with E-state index < -0.39 is 5.41 Å². The number of nitrogens with zero attached hydrogens (tertiary/aromatic N) is 3. The number of fused-ring (bicyclic) bond motifs is 9. The molecule has 2 aromatic rings. The quantitative estimate of drug-likeness (QED) is 0.729. The van der Waals surface area contributed by atoms with Crippen molar-refractivity contribution in [2.45, 2.75) is 32.1 Å². The number of piperidine rings is 1. The number of rotatable bonds is 2. The van der Waals surface area contributed by atoms with Gasteiger partial charge in [-0.25, -0.2) is 4.98 Å². The van der Waals surface area contributed by atoms with E-state index in [1.807, 2.05) is 17.0 Å². The van der Waals surface area contributed by atoms with Crippen LogP contribution in [-0.4, -0.2) is 72.3 Å². The molecule has 176 valence electrons. The van der Waals surface area contributed by atoms with E-state index in [0.29, 0.717) is 56.0 Å². The van der Waals surface area contributed by atoms with E-state index in [4.69, 9.17) is 4.74 Å². The van der Waals surface area contributed by atoms with Crippen molar-refractivity contribution in [1.82, 2.24) is 20.1 Å². The minimum Gasteiger partial charge on any atom is -0.491 e. The molecular formula is C24H30N4O4S. The Hall–Kier alpha value is -2.94. The number of hydrogen-bond acceptors (Lipinski definition) is 6. The Morgan fingerprint density at radius 2 is 1.88 bits per heavy atom. The van der Waals surface area contributed by atoms with Gasteiger partial charge in [0.1, 0.15) is 18.1 Å². The summed E-state index contributed by atoms with van der Waals surface area (Å²) in [6.45, 7) is 2.31. The Balaban J connectivity index is 1.60. The van der Waals surface area contributed by atoms with Gasteiger partial charge in [-0.1, -0.05) is 18.6 Å². The average Bonchev–Trinajstić information content (AvgIpc) is 3.39. The monoisotopic (exact) mass is 470 g/mol. The number of carbonyl (C=O) groups is 3. The summed E-state index contributed by atoms with van der Waals surface area (Å²) in [7, 11) is 1.67. The van der Waals surface area contributed by atoms with Crippen LogP contribution in [0.15, 0.2) is 35.2 Å². The van der Waals surface area contributed by atoms with Gasteiger partial charge in [0, 0.05) is 32.1 Å². The van der Waals surface area contributed by atoms with Crippen LogP contribution in [0.1, 0.15) is 53.0 Å². The van der Waals surface area contributed by atoms with Crippen molar-refractivity contribution >= 4 is 29.1 Å². The standard InChI is InChI=1S/C24H30N4O4S/c1-25-23(31)24-8-4-5-11-27(22(30)19-16-33-17-26-19)14-15-32-20-7-3-2-6-18(20)21(29)28(12-9-24)13-10-24/h2-3,6-7,16-17H,4-5,8-15H2,1H3,(H,25,31). The molecule has 0 aliphatic carbocycles. The molecule has 0 atom stereocenters. The zero-order valence-corrected chi connectivity index (χ0v) is 19.7. The van der Waals surface area contributed by atoms with E-state index in [9.17, 15) is 14.4 Å². The molecule has 3 aliphatic heterocycles. The summed E-state index contributed by atoms with van der Waals surface area (Å²) in [5.41, 5.74) is 2.11. The van der Waals surface area contributed by atoms with E-state index in [2.05, 4.69) is 10.3 Å². The van der Waals surface area contributed by atoms with Crippen molar-refractivity contribution in [2.24, 2.45) is 5.41 Å². The molecule has 1 N–H and O–H groups in total. The topological polar surface area (TPSA) is 91.8 Å². The highest BCUT2D eigenvalue weighted by molar-refractivity contribution is 7.07. The SMILES string of the molecule is CNC(=O)C12CCCCN(C(=O)c3cscn3)CCOc3ccccc3C(=O)N(CC1)CC2. The van der Waals surface area contributed by atoms with Crippen molar-refractivity contribution in [3.63, 3.8) is 0 Å². The first-order valence-electron chi connectivity index (χ1n) is 11.4. The molecule has 0 spiro atoms. The van der Waals surface area contributed by atoms with Gasteiger partial charge in [-0.3, -0.25) is 14.4 Å². The zero-order valence-electron chi connectivity index (χ0n) is 18.9. The lowest BCUT2D eigenvalue weighted by atomic mass is 9.73. The number of para-hydroxylation sites is 1. The maximum atomic E-state index is 13.3. The summed E-state index contributed by atoms with van der Waals surface area (Å²) in [6, 6.07) is 7.22. The molecule has 9 heteroatoms. The molecule has 0 radical (unpaired) electrons. The second-order valence-corrected chi connectivity index (χ2v) is 9.34. The summed E-state index contributed by atoms with van der Waals surface area (Å²) >= 11 is 1.39. The lowest BCUT2D eigenvalue weighted by Gasteiger charge is -2.40. The van der Waals surface area contributed by atoms with Gasteiger partial charge >= 0.3 is 0 Å². The third-order valence-corrected chi connectivity index (χ3v) is 7.31. The van der Waals surface area contributed by atoms with Crippen LogP contribution < -0.4 is 10.1 Å². The highest BCUT2D eigenvalue weighted by Gasteiger charge is 2.41. The molecule has 1 saturated heterocycles. The molecule has 1 aromatic carbocycles. The maximum absolute atomic E-state index is 13.3. The van der Waals surface area contributed by atoms with Crippen molar-refractivity contribution in [3.05, 3.63) is 46.4 Å². The first kappa shape index (κ1) is 23.2. The third-order valence-electron chi connectivity index (χ3n) is 6.72. The number of hydrogen-bond donors (Lipinski definition) is 1. The zero-order chi connectivity index (χ0) is 23.3. The fraction of sp³-hybridized carbons (Fsp3) is 0.500. The number of benzene rings is 1. The third kappa shape index (κ3) is 5.03. The van der Waals surface area contributed by atoms with Crippen molar-refractivity contribution in [3.8, 4) is 5.75 Å². The number of ether oxygens (including phenoxy) is 1. The normalized spacial score (nSPS) is 19.1. The summed E-state index contributed by atoms with van der Waals surface area (Å²) in [4.78, 5) is 46.8. The van der Waals surface area contributed by atoms with Crippen LogP contribution in [-0.2, 0) is 4.79 Å². The minimum absolute atomic E-state index is 0.0399. The predicted octanol–water partition coefficient (Wildman–Crippen LogP) is 2.82. The van der Waals surface area contributed by atoms with Crippen LogP contribution in [0.4, 0.5) is 0 Å². The van der Waals surface area contributed by atoms with E-state index in [1.165, 1.54) is 11.3 Å². The smallest absolute Gasteiger partial charge is 0.273 e. The lowest BCUT2D eigenvalue weighted by Crippen LogP contribution is -2.49. The predicted molar refractivity (Wildman–Crippen MR) is 125 cm³/mol. The van der Waals surface area contributed by atoms with Gasteiger partial charge in [-0.05, 0) is 37.8 Å². The van der Waals surface area contributed by atoms with Crippen LogP contribution in [0.3, 0.4) is 0 Å². The summed E-state index contributed by atoms with van der Waals surface area (Å²) < 4.78 is 5.99. The van der Waals surface area contributed by atoms with E-state index in [0.717, 1.165) is 19.3 Å². The van der Waals surface area contributed by atoms with Crippen molar-refractivity contribution in [2.75, 3.05) is 39.8 Å². The van der Waals surface area contributed by atoms with Gasteiger partial charge in [0.05, 0.1) is 23.0 Å². The number of nitrogens with one attached hydrogen (secondary N) is 1. The van der Waals surface area contributed by atoms with E-state index >= 15 is 0 Å². The highest BCUT2D eigenvalue weighted by atomic mass is 32.1.